The van der Waals surface area contributed by atoms with E-state index in [4.69, 9.17) is 19.0 Å². The van der Waals surface area contributed by atoms with Gasteiger partial charge in [0.1, 0.15) is 0 Å². The number of nitrogens with zero attached hydrogens (tertiary/aromatic N) is 3. The Balaban J connectivity index is 1.08. The second-order valence-electron chi connectivity index (χ2n) is 14.7. The zero-order valence-electron chi connectivity index (χ0n) is 27.3. The third kappa shape index (κ3) is 4.60. The van der Waals surface area contributed by atoms with Crippen LogP contribution in [-0.4, -0.2) is 74.8 Å². The maximum Gasteiger partial charge on any atom is 0.375 e. The maximum atomic E-state index is 13.3. The Labute approximate surface area is 284 Å². The summed E-state index contributed by atoms with van der Waals surface area (Å²) in [6, 6.07) is 10.8. The van der Waals surface area contributed by atoms with E-state index in [0.717, 1.165) is 36.2 Å². The van der Waals surface area contributed by atoms with Crippen molar-refractivity contribution in [3.05, 3.63) is 77.0 Å². The smallest absolute Gasteiger partial charge is 0.375 e. The first-order chi connectivity index (χ1) is 23.1. The van der Waals surface area contributed by atoms with Gasteiger partial charge in [-0.25, -0.2) is 9.48 Å². The minimum absolute atomic E-state index is 0.00464. The van der Waals surface area contributed by atoms with Crippen LogP contribution in [0, 0.1) is 28.6 Å². The van der Waals surface area contributed by atoms with E-state index in [1.54, 1.807) is 6.07 Å². The topological polar surface area (TPSA) is 124 Å². The van der Waals surface area contributed by atoms with Gasteiger partial charge in [0.05, 0.1) is 43.2 Å². The van der Waals surface area contributed by atoms with Crippen molar-refractivity contribution in [1.29, 1.82) is 0 Å². The number of benzene rings is 1. The van der Waals surface area contributed by atoms with Gasteiger partial charge in [-0.05, 0) is 104 Å². The van der Waals surface area contributed by atoms with Crippen LogP contribution in [-0.2, 0) is 20.7 Å². The van der Waals surface area contributed by atoms with Crippen molar-refractivity contribution in [1.82, 2.24) is 14.7 Å². The molecule has 7 atom stereocenters. The lowest BCUT2D eigenvalue weighted by Gasteiger charge is -2.60. The Morgan fingerprint density at radius 3 is 2.67 bits per heavy atom. The van der Waals surface area contributed by atoms with Crippen LogP contribution in [0.25, 0.3) is 11.8 Å². The van der Waals surface area contributed by atoms with Crippen LogP contribution in [0.3, 0.4) is 0 Å². The number of carbonyl (C=O) groups is 3. The number of aromatic nitrogens is 2. The molecule has 1 amide bonds. The molecule has 4 aliphatic carbocycles. The summed E-state index contributed by atoms with van der Waals surface area (Å²) in [6.07, 6.45) is 8.70. The molecule has 252 valence electrons. The number of ether oxygens (including phenoxy) is 2. The van der Waals surface area contributed by atoms with E-state index < -0.39 is 28.2 Å². The van der Waals surface area contributed by atoms with Crippen LogP contribution < -0.4 is 0 Å². The van der Waals surface area contributed by atoms with Crippen molar-refractivity contribution in [2.75, 3.05) is 26.3 Å². The summed E-state index contributed by atoms with van der Waals surface area (Å²) >= 11 is 4.30. The number of hydrogen-bond donors (Lipinski definition) is 2. The average Bonchev–Trinajstić information content (AvgIpc) is 3.82. The highest BCUT2D eigenvalue weighted by atomic mass is 32.1. The van der Waals surface area contributed by atoms with E-state index in [-0.39, 0.29) is 34.8 Å². The van der Waals surface area contributed by atoms with Gasteiger partial charge in [0.25, 0.3) is 5.91 Å². The normalized spacial score (nSPS) is 33.9. The van der Waals surface area contributed by atoms with Crippen LogP contribution in [0.15, 0.2) is 58.8 Å². The summed E-state index contributed by atoms with van der Waals surface area (Å²) < 4.78 is 18.7. The van der Waals surface area contributed by atoms with Crippen LogP contribution in [0.2, 0.25) is 0 Å². The molecule has 2 aromatic heterocycles. The highest BCUT2D eigenvalue weighted by molar-refractivity contribution is 7.96. The average molecular weight is 672 g/mol. The number of carbonyl (C=O) groups excluding carboxylic acids is 3. The Morgan fingerprint density at radius 1 is 1.10 bits per heavy atom. The second kappa shape index (κ2) is 11.5. The number of furan rings is 1. The first-order valence-electron chi connectivity index (χ1n) is 17.0. The quantitative estimate of drug-likeness (QED) is 0.282. The number of rotatable bonds is 5. The van der Waals surface area contributed by atoms with Gasteiger partial charge in [-0.2, -0.15) is 5.10 Å². The number of esters is 1. The summed E-state index contributed by atoms with van der Waals surface area (Å²) in [5.41, 5.74) is 2.33. The lowest BCUT2D eigenvalue weighted by molar-refractivity contribution is -0.174. The monoisotopic (exact) mass is 671 g/mol. The first kappa shape index (κ1) is 31.6. The summed E-state index contributed by atoms with van der Waals surface area (Å²) in [5.74, 6) is -0.477. The van der Waals surface area contributed by atoms with E-state index in [0.29, 0.717) is 51.1 Å². The predicted molar refractivity (Wildman–Crippen MR) is 179 cm³/mol. The predicted octanol–water partition coefficient (Wildman–Crippen LogP) is 5.14. The van der Waals surface area contributed by atoms with Gasteiger partial charge in [0.2, 0.25) is 10.9 Å². The van der Waals surface area contributed by atoms with E-state index >= 15 is 0 Å². The molecule has 0 spiro atoms. The standard InChI is InChI=1S/C37H41N3O7S/c1-35-19-23-21-38-40(25-6-3-5-22(17-25)32(42)39-12-15-45-16-13-39)28(23)18-24(35)8-9-26-27-10-11-37(34(44)48,36(27,2)20-29(41)31(26)35)47-33(43)30-7-4-14-46-30/h3-7,14,17-18,21,26-27,29,31,41H,8-13,15-16,19-20H2,1-2H3,(H,44,48)/t26-,27-,29-,31+,35-,36-,37-/m1/s1. The number of hydrogen-bond acceptors (Lipinski definition) is 8. The SMILES string of the molecule is C[C@@]12Cc3cnn(-c4cccc(C(=O)N5CCOCC5)c4)c3C=C1CC[C@H]1[C@H]2[C@H](O)C[C@]2(C)[C@@H]1CC[C@@]2(OC(=O)c1ccco1)C(=O)S. The van der Waals surface area contributed by atoms with E-state index in [1.807, 2.05) is 47.0 Å². The minimum Gasteiger partial charge on any atom is -0.457 e. The van der Waals surface area contributed by atoms with Crippen LogP contribution in [0.1, 0.15) is 78.1 Å². The largest absolute Gasteiger partial charge is 0.457 e. The molecule has 48 heavy (non-hydrogen) atoms. The van der Waals surface area contributed by atoms with Crippen molar-refractivity contribution < 1.29 is 33.4 Å². The molecule has 8 rings (SSSR count). The maximum absolute atomic E-state index is 13.3. The summed E-state index contributed by atoms with van der Waals surface area (Å²) in [7, 11) is 0. The van der Waals surface area contributed by atoms with Crippen molar-refractivity contribution >= 4 is 35.7 Å². The summed E-state index contributed by atoms with van der Waals surface area (Å²) in [5, 5.41) is 16.4. The zero-order chi connectivity index (χ0) is 33.4. The Kier molecular flexibility index (Phi) is 7.54. The van der Waals surface area contributed by atoms with Crippen molar-refractivity contribution in [2.24, 2.45) is 28.6 Å². The molecule has 0 unspecified atom stereocenters. The molecule has 3 heterocycles. The molecule has 1 aliphatic heterocycles. The molecule has 3 saturated carbocycles. The fourth-order valence-corrected chi connectivity index (χ4v) is 10.7. The minimum atomic E-state index is -1.45. The molecular weight excluding hydrogens is 630 g/mol. The first-order valence-corrected chi connectivity index (χ1v) is 17.4. The van der Waals surface area contributed by atoms with Gasteiger partial charge < -0.3 is 23.9 Å². The highest BCUT2D eigenvalue weighted by Crippen LogP contribution is 2.68. The number of thiol groups is 1. The van der Waals surface area contributed by atoms with Crippen molar-refractivity contribution in [3.63, 3.8) is 0 Å². The lowest BCUT2D eigenvalue weighted by atomic mass is 9.45. The Morgan fingerprint density at radius 2 is 1.92 bits per heavy atom. The number of aliphatic hydroxyl groups is 1. The van der Waals surface area contributed by atoms with Gasteiger partial charge in [0.15, 0.2) is 5.60 Å². The number of aliphatic hydroxyl groups excluding tert-OH is 1. The highest BCUT2D eigenvalue weighted by Gasteiger charge is 2.70. The second-order valence-corrected chi connectivity index (χ2v) is 15.2. The van der Waals surface area contributed by atoms with Gasteiger partial charge in [-0.15, -0.1) is 12.6 Å². The fourth-order valence-electron chi connectivity index (χ4n) is 10.3. The fraction of sp³-hybridized carbons (Fsp3) is 0.514. The molecule has 10 nitrogen and oxygen atoms in total. The number of fused-ring (bicyclic) bond motifs is 6. The van der Waals surface area contributed by atoms with Gasteiger partial charge in [-0.3, -0.25) is 9.59 Å². The Bertz CT molecular complexity index is 1810. The third-order valence-corrected chi connectivity index (χ3v) is 12.9. The third-order valence-electron chi connectivity index (χ3n) is 12.5. The van der Waals surface area contributed by atoms with Crippen LogP contribution in [0.4, 0.5) is 0 Å². The molecule has 1 aromatic carbocycles. The van der Waals surface area contributed by atoms with Gasteiger partial charge in [0, 0.05) is 24.1 Å². The summed E-state index contributed by atoms with van der Waals surface area (Å²) in [4.78, 5) is 41.5. The molecular formula is C37H41N3O7S. The van der Waals surface area contributed by atoms with Crippen LogP contribution >= 0.6 is 12.6 Å². The van der Waals surface area contributed by atoms with Gasteiger partial charge >= 0.3 is 5.97 Å². The molecule has 0 bridgehead atoms. The lowest BCUT2D eigenvalue weighted by Crippen LogP contribution is -2.62. The van der Waals surface area contributed by atoms with E-state index in [2.05, 4.69) is 25.6 Å². The molecule has 5 aliphatic rings. The number of amides is 1. The van der Waals surface area contributed by atoms with Crippen molar-refractivity contribution in [2.45, 2.75) is 64.1 Å². The molecule has 1 N–H and O–H groups in total. The van der Waals surface area contributed by atoms with Gasteiger partial charge in [-0.1, -0.05) is 25.5 Å². The molecule has 4 fully saturated rings. The molecule has 1 saturated heterocycles. The number of morpholine rings is 1. The summed E-state index contributed by atoms with van der Waals surface area (Å²) in [6.45, 7) is 6.54. The molecule has 0 radical (unpaired) electrons. The number of allylic oxidation sites excluding steroid dienone is 1. The van der Waals surface area contributed by atoms with E-state index in [1.165, 1.54) is 17.9 Å². The molecule has 3 aromatic rings. The molecule has 11 heteroatoms. The van der Waals surface area contributed by atoms with E-state index in [9.17, 15) is 19.5 Å². The zero-order valence-corrected chi connectivity index (χ0v) is 28.2. The Hall–Kier alpha value is -3.67. The van der Waals surface area contributed by atoms with Crippen LogP contribution in [0.5, 0.6) is 0 Å². The van der Waals surface area contributed by atoms with Crippen molar-refractivity contribution in [3.8, 4) is 5.69 Å².